The summed E-state index contributed by atoms with van der Waals surface area (Å²) in [5, 5.41) is 10.9. The van der Waals surface area contributed by atoms with Crippen molar-refractivity contribution in [3.63, 3.8) is 0 Å². The van der Waals surface area contributed by atoms with Crippen molar-refractivity contribution in [3.05, 3.63) is 23.4 Å². The van der Waals surface area contributed by atoms with Crippen LogP contribution >= 0.6 is 23.4 Å². The van der Waals surface area contributed by atoms with Crippen LogP contribution in [0.4, 0.5) is 0 Å². The van der Waals surface area contributed by atoms with Gasteiger partial charge in [0, 0.05) is 11.4 Å². The molecule has 3 nitrogen and oxygen atoms in total. The maximum atomic E-state index is 10.4. The lowest BCUT2D eigenvalue weighted by atomic mass is 10.5. The van der Waals surface area contributed by atoms with E-state index in [1.165, 1.54) is 6.20 Å². The van der Waals surface area contributed by atoms with Crippen LogP contribution in [0.5, 0.6) is 0 Å². The average molecular weight is 217 g/mol. The molecule has 0 bridgehead atoms. The van der Waals surface area contributed by atoms with Crippen LogP contribution < -0.4 is 5.11 Å². The van der Waals surface area contributed by atoms with Crippen molar-refractivity contribution in [1.82, 2.24) is 4.98 Å². The third-order valence-electron chi connectivity index (χ3n) is 1.33. The standard InChI is InChI=1S/C8H8ClNO2S/c1-5(8(11)12)13-7-3-2-6(9)4-10-7/h2-5H,1H3,(H,11,12)/p-1. The number of rotatable bonds is 3. The van der Waals surface area contributed by atoms with Gasteiger partial charge in [0.1, 0.15) is 0 Å². The molecule has 0 amide bonds. The molecular formula is C8H7ClNO2S-. The first-order valence-electron chi connectivity index (χ1n) is 3.58. The quantitative estimate of drug-likeness (QED) is 0.707. The average Bonchev–Trinajstić information content (AvgIpc) is 2.08. The zero-order chi connectivity index (χ0) is 9.84. The van der Waals surface area contributed by atoms with Crippen LogP contribution in [-0.2, 0) is 4.79 Å². The summed E-state index contributed by atoms with van der Waals surface area (Å²) in [6.07, 6.45) is 1.48. The molecule has 0 fully saturated rings. The number of pyridine rings is 1. The number of thioether (sulfide) groups is 1. The molecule has 0 spiro atoms. The molecule has 0 saturated carbocycles. The van der Waals surface area contributed by atoms with Gasteiger partial charge in [0.15, 0.2) is 0 Å². The Balaban J connectivity index is 2.64. The summed E-state index contributed by atoms with van der Waals surface area (Å²) in [5.74, 6) is -1.10. The van der Waals surface area contributed by atoms with Crippen molar-refractivity contribution < 1.29 is 9.90 Å². The fourth-order valence-electron chi connectivity index (χ4n) is 0.661. The third kappa shape index (κ3) is 3.24. The van der Waals surface area contributed by atoms with Crippen molar-refractivity contribution >= 4 is 29.3 Å². The van der Waals surface area contributed by atoms with Crippen molar-refractivity contribution in [2.24, 2.45) is 0 Å². The summed E-state index contributed by atoms with van der Waals surface area (Å²) in [6.45, 7) is 1.55. The number of carboxylic acid groups (broad SMARTS) is 1. The molecule has 0 radical (unpaired) electrons. The van der Waals surface area contributed by atoms with Crippen LogP contribution in [0.15, 0.2) is 23.4 Å². The lowest BCUT2D eigenvalue weighted by Crippen LogP contribution is -2.31. The van der Waals surface area contributed by atoms with E-state index < -0.39 is 11.2 Å². The fourth-order valence-corrected chi connectivity index (χ4v) is 1.49. The van der Waals surface area contributed by atoms with E-state index in [2.05, 4.69) is 4.98 Å². The predicted molar refractivity (Wildman–Crippen MR) is 49.6 cm³/mol. The molecule has 1 rings (SSSR count). The van der Waals surface area contributed by atoms with E-state index in [9.17, 15) is 9.90 Å². The van der Waals surface area contributed by atoms with Crippen LogP contribution in [0.3, 0.4) is 0 Å². The number of carbonyl (C=O) groups is 1. The van der Waals surface area contributed by atoms with E-state index in [1.807, 2.05) is 0 Å². The maximum Gasteiger partial charge on any atom is 0.0967 e. The first-order chi connectivity index (χ1) is 6.09. The molecule has 1 atom stereocenters. The topological polar surface area (TPSA) is 53.0 Å². The van der Waals surface area contributed by atoms with Gasteiger partial charge in [0.05, 0.1) is 16.0 Å². The molecule has 0 aliphatic rings. The highest BCUT2D eigenvalue weighted by Gasteiger charge is 2.05. The zero-order valence-electron chi connectivity index (χ0n) is 6.86. The molecule has 0 saturated heterocycles. The van der Waals surface area contributed by atoms with Gasteiger partial charge in [-0.05, 0) is 19.1 Å². The maximum absolute atomic E-state index is 10.4. The van der Waals surface area contributed by atoms with E-state index in [-0.39, 0.29) is 0 Å². The molecule has 13 heavy (non-hydrogen) atoms. The molecule has 5 heteroatoms. The molecule has 1 aromatic heterocycles. The molecule has 1 unspecified atom stereocenters. The van der Waals surface area contributed by atoms with Crippen molar-refractivity contribution in [2.45, 2.75) is 17.2 Å². The van der Waals surface area contributed by atoms with Gasteiger partial charge < -0.3 is 9.90 Å². The van der Waals surface area contributed by atoms with Crippen molar-refractivity contribution in [1.29, 1.82) is 0 Å². The largest absolute Gasteiger partial charge is 0.549 e. The second-order valence-corrected chi connectivity index (χ2v) is 4.19. The molecular weight excluding hydrogens is 210 g/mol. The Kier molecular flexibility index (Phi) is 3.57. The van der Waals surface area contributed by atoms with Crippen LogP contribution in [0.25, 0.3) is 0 Å². The molecule has 0 N–H and O–H groups in total. The Hall–Kier alpha value is -0.740. The number of aliphatic carboxylic acids is 1. The summed E-state index contributed by atoms with van der Waals surface area (Å²) in [4.78, 5) is 14.3. The zero-order valence-corrected chi connectivity index (χ0v) is 8.43. The molecule has 0 aliphatic heterocycles. The van der Waals surface area contributed by atoms with E-state index in [0.29, 0.717) is 10.0 Å². The van der Waals surface area contributed by atoms with Gasteiger partial charge in [-0.25, -0.2) is 4.98 Å². The predicted octanol–water partition coefficient (Wildman–Crippen LogP) is 0.965. The van der Waals surface area contributed by atoms with Gasteiger partial charge >= 0.3 is 0 Å². The number of halogens is 1. The van der Waals surface area contributed by atoms with Gasteiger partial charge in [-0.1, -0.05) is 23.4 Å². The number of carbonyl (C=O) groups excluding carboxylic acids is 1. The van der Waals surface area contributed by atoms with Crippen LogP contribution in [0.1, 0.15) is 6.92 Å². The molecule has 1 aromatic rings. The minimum absolute atomic E-state index is 0.533. The molecule has 70 valence electrons. The van der Waals surface area contributed by atoms with E-state index >= 15 is 0 Å². The minimum Gasteiger partial charge on any atom is -0.549 e. The van der Waals surface area contributed by atoms with Crippen LogP contribution in [0, 0.1) is 0 Å². The first kappa shape index (κ1) is 10.3. The molecule has 0 aromatic carbocycles. The summed E-state index contributed by atoms with van der Waals surface area (Å²) in [5.41, 5.74) is 0. The summed E-state index contributed by atoms with van der Waals surface area (Å²) < 4.78 is 0. The van der Waals surface area contributed by atoms with Crippen molar-refractivity contribution in [3.8, 4) is 0 Å². The van der Waals surface area contributed by atoms with Crippen molar-refractivity contribution in [2.75, 3.05) is 0 Å². The highest BCUT2D eigenvalue weighted by Crippen LogP contribution is 2.21. The van der Waals surface area contributed by atoms with Crippen LogP contribution in [-0.4, -0.2) is 16.2 Å². The summed E-state index contributed by atoms with van der Waals surface area (Å²) in [7, 11) is 0. The number of hydrogen-bond acceptors (Lipinski definition) is 4. The highest BCUT2D eigenvalue weighted by molar-refractivity contribution is 8.00. The monoisotopic (exact) mass is 216 g/mol. The Labute approximate surface area is 85.1 Å². The molecule has 1 heterocycles. The number of hydrogen-bond donors (Lipinski definition) is 0. The van der Waals surface area contributed by atoms with E-state index in [1.54, 1.807) is 19.1 Å². The fraction of sp³-hybridized carbons (Fsp3) is 0.250. The lowest BCUT2D eigenvalue weighted by Gasteiger charge is -2.10. The molecule has 0 aliphatic carbocycles. The van der Waals surface area contributed by atoms with E-state index in [0.717, 1.165) is 11.8 Å². The SMILES string of the molecule is CC(Sc1ccc(Cl)cn1)C(=O)[O-]. The van der Waals surface area contributed by atoms with Gasteiger partial charge in [-0.15, -0.1) is 0 Å². The first-order valence-corrected chi connectivity index (χ1v) is 4.84. The Morgan fingerprint density at radius 3 is 2.85 bits per heavy atom. The van der Waals surface area contributed by atoms with Gasteiger partial charge in [-0.3, -0.25) is 0 Å². The second kappa shape index (κ2) is 4.48. The smallest absolute Gasteiger partial charge is 0.0967 e. The summed E-state index contributed by atoms with van der Waals surface area (Å²) >= 11 is 6.74. The van der Waals surface area contributed by atoms with Gasteiger partial charge in [0.2, 0.25) is 0 Å². The highest BCUT2D eigenvalue weighted by atomic mass is 35.5. The Morgan fingerprint density at radius 1 is 1.69 bits per heavy atom. The number of aromatic nitrogens is 1. The minimum atomic E-state index is -1.10. The second-order valence-electron chi connectivity index (χ2n) is 2.39. The summed E-state index contributed by atoms with van der Waals surface area (Å²) in [6, 6.07) is 3.34. The Morgan fingerprint density at radius 2 is 2.38 bits per heavy atom. The third-order valence-corrected chi connectivity index (χ3v) is 2.58. The van der Waals surface area contributed by atoms with Crippen LogP contribution in [0.2, 0.25) is 5.02 Å². The number of nitrogens with zero attached hydrogens (tertiary/aromatic N) is 1. The lowest BCUT2D eigenvalue weighted by molar-refractivity contribution is -0.304. The Bertz CT molecular complexity index is 302. The number of carboxylic acids is 1. The van der Waals surface area contributed by atoms with E-state index in [4.69, 9.17) is 11.6 Å². The van der Waals surface area contributed by atoms with Gasteiger partial charge in [-0.2, -0.15) is 0 Å². The normalized spacial score (nSPS) is 12.5. The van der Waals surface area contributed by atoms with Gasteiger partial charge in [0.25, 0.3) is 0 Å².